The number of rotatable bonds is 8. The lowest BCUT2D eigenvalue weighted by atomic mass is 9.91. The number of aromatic amines is 1. The van der Waals surface area contributed by atoms with E-state index in [1.165, 1.54) is 12.5 Å². The van der Waals surface area contributed by atoms with Gasteiger partial charge in [-0.2, -0.15) is 0 Å². The van der Waals surface area contributed by atoms with Crippen LogP contribution in [0.3, 0.4) is 0 Å². The number of hydrogen-bond acceptors (Lipinski definition) is 4. The third-order valence-electron chi connectivity index (χ3n) is 4.32. The average Bonchev–Trinajstić information content (AvgIpc) is 2.49. The van der Waals surface area contributed by atoms with Crippen LogP contribution in [-0.2, 0) is 11.1 Å². The fraction of sp³-hybridized carbons (Fsp3) is 0.688. The molecular formula is C16H28ClN2O4P. The van der Waals surface area contributed by atoms with Crippen LogP contribution in [0.15, 0.2) is 23.1 Å². The third-order valence-corrected chi connectivity index (χ3v) is 6.40. The Bertz CT molecular complexity index is 569. The minimum absolute atomic E-state index is 0. The van der Waals surface area contributed by atoms with Crippen molar-refractivity contribution in [2.75, 3.05) is 18.9 Å². The molecule has 4 N–H and O–H groups in total. The zero-order chi connectivity index (χ0) is 16.7. The highest BCUT2D eigenvalue weighted by atomic mass is 35.5. The lowest BCUT2D eigenvalue weighted by Crippen LogP contribution is -2.30. The second kappa shape index (κ2) is 10.4. The number of aliphatic hydroxyl groups excluding tert-OH is 1. The predicted octanol–water partition coefficient (Wildman–Crippen LogP) is 2.10. The molecular weight excluding hydrogens is 351 g/mol. The summed E-state index contributed by atoms with van der Waals surface area (Å²) < 4.78 is 12.3. The van der Waals surface area contributed by atoms with E-state index in [9.17, 15) is 19.4 Å². The van der Waals surface area contributed by atoms with Crippen LogP contribution in [-0.4, -0.2) is 40.0 Å². The number of H-pyrrole nitrogens is 1. The summed E-state index contributed by atoms with van der Waals surface area (Å²) in [7, 11) is -3.27. The normalized spacial score (nSPS) is 19.2. The number of halogens is 1. The van der Waals surface area contributed by atoms with Crippen LogP contribution >= 0.6 is 19.8 Å². The molecule has 1 fully saturated rings. The molecule has 0 spiro atoms. The second-order valence-corrected chi connectivity index (χ2v) is 8.98. The highest BCUT2D eigenvalue weighted by Gasteiger charge is 2.27. The summed E-state index contributed by atoms with van der Waals surface area (Å²) in [5.41, 5.74) is 0.740. The molecule has 0 radical (unpaired) electrons. The molecule has 1 heterocycles. The fourth-order valence-corrected chi connectivity index (χ4v) is 5.29. The van der Waals surface area contributed by atoms with Crippen LogP contribution in [0, 0.1) is 5.92 Å². The van der Waals surface area contributed by atoms with Gasteiger partial charge in [0.2, 0.25) is 12.9 Å². The SMILES string of the molecule is Cl.O=c1ccc(CNC[C@H](O)CP(=O)(O)CC2CCCCC2)c[nH]1. The van der Waals surface area contributed by atoms with Gasteiger partial charge in [0.05, 0.1) is 12.3 Å². The van der Waals surface area contributed by atoms with E-state index in [0.29, 0.717) is 18.6 Å². The van der Waals surface area contributed by atoms with Crippen LogP contribution < -0.4 is 10.9 Å². The second-order valence-electron chi connectivity index (χ2n) is 6.56. The molecule has 1 aliphatic rings. The molecule has 8 heteroatoms. The first-order valence-electron chi connectivity index (χ1n) is 8.32. The van der Waals surface area contributed by atoms with Crippen molar-refractivity contribution < 1.29 is 14.6 Å². The van der Waals surface area contributed by atoms with Gasteiger partial charge in [-0.1, -0.05) is 25.3 Å². The van der Waals surface area contributed by atoms with Crippen LogP contribution in [0.2, 0.25) is 0 Å². The van der Waals surface area contributed by atoms with Crippen LogP contribution in [0.25, 0.3) is 0 Å². The molecule has 1 saturated carbocycles. The lowest BCUT2D eigenvalue weighted by Gasteiger charge is -2.25. The summed E-state index contributed by atoms with van der Waals surface area (Å²) in [5, 5.41) is 13.0. The van der Waals surface area contributed by atoms with Crippen LogP contribution in [0.1, 0.15) is 37.7 Å². The minimum Gasteiger partial charge on any atom is -0.391 e. The van der Waals surface area contributed by atoms with E-state index in [1.54, 1.807) is 12.3 Å². The van der Waals surface area contributed by atoms with Crippen molar-refractivity contribution in [2.45, 2.75) is 44.8 Å². The molecule has 0 saturated heterocycles. The van der Waals surface area contributed by atoms with Gasteiger partial charge >= 0.3 is 0 Å². The maximum absolute atomic E-state index is 12.3. The molecule has 6 nitrogen and oxygen atoms in total. The maximum Gasteiger partial charge on any atom is 0.247 e. The largest absolute Gasteiger partial charge is 0.391 e. The number of nitrogens with one attached hydrogen (secondary N) is 2. The van der Waals surface area contributed by atoms with Crippen molar-refractivity contribution >= 4 is 19.8 Å². The Morgan fingerprint density at radius 3 is 2.62 bits per heavy atom. The minimum atomic E-state index is -3.27. The van der Waals surface area contributed by atoms with E-state index in [2.05, 4.69) is 10.3 Å². The van der Waals surface area contributed by atoms with E-state index in [-0.39, 0.29) is 30.7 Å². The highest BCUT2D eigenvalue weighted by molar-refractivity contribution is 7.58. The molecule has 1 aliphatic carbocycles. The molecule has 2 rings (SSSR count). The van der Waals surface area contributed by atoms with Gasteiger partial charge in [0.1, 0.15) is 0 Å². The summed E-state index contributed by atoms with van der Waals surface area (Å²) in [6.07, 6.45) is 6.65. The van der Waals surface area contributed by atoms with E-state index in [0.717, 1.165) is 31.2 Å². The monoisotopic (exact) mass is 378 g/mol. The van der Waals surface area contributed by atoms with E-state index >= 15 is 0 Å². The number of pyridine rings is 1. The van der Waals surface area contributed by atoms with Gasteiger partial charge in [-0.15, -0.1) is 12.4 Å². The summed E-state index contributed by atoms with van der Waals surface area (Å²) >= 11 is 0. The molecule has 0 aliphatic heterocycles. The molecule has 2 atom stereocenters. The maximum atomic E-state index is 12.3. The Labute approximate surface area is 148 Å². The summed E-state index contributed by atoms with van der Waals surface area (Å²) in [6, 6.07) is 3.15. The van der Waals surface area contributed by atoms with Crippen molar-refractivity contribution in [3.8, 4) is 0 Å². The molecule has 1 aromatic heterocycles. The first kappa shape index (κ1) is 21.4. The number of aromatic nitrogens is 1. The van der Waals surface area contributed by atoms with Gasteiger partial charge in [0.15, 0.2) is 0 Å². The van der Waals surface area contributed by atoms with Gasteiger partial charge in [0, 0.05) is 31.5 Å². The fourth-order valence-electron chi connectivity index (χ4n) is 3.18. The van der Waals surface area contributed by atoms with Gasteiger partial charge in [-0.05, 0) is 24.3 Å². The Kier molecular flexibility index (Phi) is 9.24. The predicted molar refractivity (Wildman–Crippen MR) is 98.2 cm³/mol. The zero-order valence-electron chi connectivity index (χ0n) is 13.8. The number of hydrogen-bond donors (Lipinski definition) is 4. The van der Waals surface area contributed by atoms with Crippen LogP contribution in [0.4, 0.5) is 0 Å². The summed E-state index contributed by atoms with van der Waals surface area (Å²) in [6.45, 7) is 0.751. The zero-order valence-corrected chi connectivity index (χ0v) is 15.5. The van der Waals surface area contributed by atoms with E-state index in [4.69, 9.17) is 0 Å². The van der Waals surface area contributed by atoms with Crippen molar-refractivity contribution in [1.82, 2.24) is 10.3 Å². The lowest BCUT2D eigenvalue weighted by molar-refractivity contribution is 0.189. The van der Waals surface area contributed by atoms with Gasteiger partial charge in [-0.25, -0.2) is 0 Å². The van der Waals surface area contributed by atoms with Crippen molar-refractivity contribution in [3.05, 3.63) is 34.2 Å². The van der Waals surface area contributed by atoms with Crippen LogP contribution in [0.5, 0.6) is 0 Å². The Hall–Kier alpha value is -0.650. The van der Waals surface area contributed by atoms with Gasteiger partial charge < -0.3 is 20.3 Å². The molecule has 138 valence electrons. The summed E-state index contributed by atoms with van der Waals surface area (Å²) in [5.74, 6) is 0.334. The smallest absolute Gasteiger partial charge is 0.247 e. The Balaban J connectivity index is 0.00000288. The quantitative estimate of drug-likeness (QED) is 0.519. The standard InChI is InChI=1S/C16H27N2O4P.ClH/c19-15(10-17-8-14-6-7-16(20)18-9-14)12-23(21,22)11-13-4-2-1-3-5-13;/h6-7,9,13,15,17,19H,1-5,8,10-12H2,(H,18,20)(H,21,22);1H/t15-;/m0./s1. The van der Waals surface area contributed by atoms with Crippen molar-refractivity contribution in [1.29, 1.82) is 0 Å². The number of aliphatic hydroxyl groups is 1. The Morgan fingerprint density at radius 1 is 1.29 bits per heavy atom. The Morgan fingerprint density at radius 2 is 2.00 bits per heavy atom. The van der Waals surface area contributed by atoms with Gasteiger partial charge in [-0.3, -0.25) is 9.36 Å². The van der Waals surface area contributed by atoms with Crippen molar-refractivity contribution in [2.24, 2.45) is 5.92 Å². The topological polar surface area (TPSA) is 102 Å². The molecule has 1 unspecified atom stereocenters. The molecule has 0 bridgehead atoms. The first-order chi connectivity index (χ1) is 10.9. The summed E-state index contributed by atoms with van der Waals surface area (Å²) in [4.78, 5) is 23.6. The van der Waals surface area contributed by atoms with E-state index < -0.39 is 13.5 Å². The van der Waals surface area contributed by atoms with Crippen molar-refractivity contribution in [3.63, 3.8) is 0 Å². The third kappa shape index (κ3) is 7.95. The molecule has 0 amide bonds. The molecule has 0 aromatic carbocycles. The highest BCUT2D eigenvalue weighted by Crippen LogP contribution is 2.45. The molecule has 24 heavy (non-hydrogen) atoms. The van der Waals surface area contributed by atoms with Gasteiger partial charge in [0.25, 0.3) is 0 Å². The first-order valence-corrected chi connectivity index (χ1v) is 10.3. The molecule has 1 aromatic rings. The van der Waals surface area contributed by atoms with E-state index in [1.807, 2.05) is 0 Å². The average molecular weight is 379 g/mol.